The topological polar surface area (TPSA) is 16.3 Å². The molecular weight excluding hydrogens is 935 g/mol. The van der Waals surface area contributed by atoms with Crippen LogP contribution in [0.25, 0.3) is 55.0 Å². The molecule has 0 radical (unpaired) electrons. The van der Waals surface area contributed by atoms with E-state index >= 15 is 0 Å². The Kier molecular flexibility index (Phi) is 8.57. The molecule has 74 heavy (non-hydrogen) atoms. The highest BCUT2D eigenvalue weighted by Crippen LogP contribution is 2.52. The van der Waals surface area contributed by atoms with Gasteiger partial charge in [-0.2, -0.15) is 0 Å². The molecule has 0 spiro atoms. The number of nitrogens with zero attached hydrogens (tertiary/aromatic N) is 4. The first-order valence-electron chi connectivity index (χ1n) is 25.5. The van der Waals surface area contributed by atoms with Gasteiger partial charge in [-0.15, -0.1) is 0 Å². The Balaban J connectivity index is 1.02. The maximum absolute atomic E-state index is 2.65. The zero-order valence-corrected chi connectivity index (χ0v) is 41.5. The molecule has 8 heteroatoms. The van der Waals surface area contributed by atoms with E-state index in [4.69, 9.17) is 0 Å². The number of hydrogen-bond donors (Lipinski definition) is 0. The van der Waals surface area contributed by atoms with E-state index in [1.54, 1.807) is 0 Å². The van der Waals surface area contributed by atoms with Crippen LogP contribution in [0.5, 0.6) is 0 Å². The van der Waals surface area contributed by atoms with Gasteiger partial charge in [-0.25, -0.2) is 0 Å². The number of anilines is 6. The molecule has 0 aliphatic carbocycles. The fourth-order valence-electron chi connectivity index (χ4n) is 13.3. The van der Waals surface area contributed by atoms with Crippen molar-refractivity contribution in [3.8, 4) is 11.4 Å². The second-order valence-electron chi connectivity index (χ2n) is 19.9. The van der Waals surface area contributed by atoms with Crippen LogP contribution >= 0.6 is 23.5 Å². The van der Waals surface area contributed by atoms with Crippen molar-refractivity contribution < 1.29 is 0 Å². The Morgan fingerprint density at radius 3 is 1.50 bits per heavy atom. The summed E-state index contributed by atoms with van der Waals surface area (Å²) in [5, 5.41) is 5.10. The predicted molar refractivity (Wildman–Crippen MR) is 315 cm³/mol. The highest BCUT2D eigenvalue weighted by molar-refractivity contribution is 8.01. The van der Waals surface area contributed by atoms with E-state index in [9.17, 15) is 0 Å². The molecule has 0 fully saturated rings. The minimum absolute atomic E-state index is 0.0410. The van der Waals surface area contributed by atoms with Crippen molar-refractivity contribution in [2.45, 2.75) is 19.6 Å². The van der Waals surface area contributed by atoms with Gasteiger partial charge in [-0.3, -0.25) is 0 Å². The van der Waals surface area contributed by atoms with Gasteiger partial charge in [-0.05, 0) is 113 Å². The number of rotatable bonds is 4. The lowest BCUT2D eigenvalue weighted by Crippen LogP contribution is -2.64. The highest BCUT2D eigenvalue weighted by atomic mass is 32.2. The standard InChI is InChI=1S/C66H40B2N4S2/c1-5-21-41(22-6-1)69-51-33-17-13-29-45(51)61-55(69)38-57-63-65(61)72(44-27-11-4-12-28-44)54-39-59-50(37-49(54)67(63)47-31-15-19-35-53(47)71(57)43-25-9-3-10-26-43)68-48-32-16-20-36-58(48)73-60-40-56-62(66(74-59)64(60)68)46-30-14-18-34-52(46)70(56)42-23-7-2-8-24-42/h1-40H. The summed E-state index contributed by atoms with van der Waals surface area (Å²) in [5.41, 5.74) is 22.5. The Morgan fingerprint density at radius 1 is 0.297 bits per heavy atom. The number of hydrogen-bond acceptors (Lipinski definition) is 4. The third-order valence-corrected chi connectivity index (χ3v) is 18.5. The number of fused-ring (bicyclic) bond motifs is 16. The van der Waals surface area contributed by atoms with Gasteiger partial charge in [0.15, 0.2) is 0 Å². The SMILES string of the molecule is c1ccc(N2c3ccccc3B3c4cc5c(cc4N(c4ccccc4)c4c3c2cc2c4c3ccccc3n2-c2ccccc2)Sc2c3c(cc4c2c2ccccc2n4-c2ccccc2)Sc2ccccc2B53)cc1. The van der Waals surface area contributed by atoms with E-state index in [1.807, 2.05) is 23.5 Å². The Hall–Kier alpha value is -8.55. The van der Waals surface area contributed by atoms with E-state index in [0.29, 0.717) is 0 Å². The predicted octanol–water partition coefficient (Wildman–Crippen LogP) is 13.4. The smallest absolute Gasteiger partial charge is 0.252 e. The first kappa shape index (κ1) is 41.0. The van der Waals surface area contributed by atoms with Crippen LogP contribution in [0.4, 0.5) is 34.1 Å². The largest absolute Gasteiger partial charge is 0.311 e. The van der Waals surface area contributed by atoms with Crippen molar-refractivity contribution in [3.05, 3.63) is 243 Å². The molecule has 0 unspecified atom stereocenters. The van der Waals surface area contributed by atoms with Crippen LogP contribution < -0.4 is 42.6 Å². The fourth-order valence-corrected chi connectivity index (χ4v) is 15.9. The Bertz CT molecular complexity index is 4520. The van der Waals surface area contributed by atoms with Crippen LogP contribution in [0, 0.1) is 0 Å². The van der Waals surface area contributed by atoms with Gasteiger partial charge in [0.2, 0.25) is 6.71 Å². The molecule has 0 saturated carbocycles. The van der Waals surface area contributed by atoms with Gasteiger partial charge in [-0.1, -0.05) is 186 Å². The average molecular weight is 975 g/mol. The maximum atomic E-state index is 2.65. The molecule has 0 amide bonds. The second kappa shape index (κ2) is 15.5. The Labute approximate surface area is 437 Å². The van der Waals surface area contributed by atoms with Crippen LogP contribution in [0.3, 0.4) is 0 Å². The summed E-state index contributed by atoms with van der Waals surface area (Å²) in [6.45, 7) is -0.0238. The maximum Gasteiger partial charge on any atom is 0.252 e. The summed E-state index contributed by atoms with van der Waals surface area (Å²) in [6.07, 6.45) is 0. The van der Waals surface area contributed by atoms with E-state index in [0.717, 1.165) is 17.1 Å². The van der Waals surface area contributed by atoms with Crippen LogP contribution in [0.2, 0.25) is 0 Å². The molecule has 0 N–H and O–H groups in total. The van der Waals surface area contributed by atoms with Crippen molar-refractivity contribution in [3.63, 3.8) is 0 Å². The minimum Gasteiger partial charge on any atom is -0.311 e. The van der Waals surface area contributed by atoms with Crippen molar-refractivity contribution in [1.29, 1.82) is 0 Å². The molecule has 17 rings (SSSR count). The van der Waals surface area contributed by atoms with Gasteiger partial charge >= 0.3 is 0 Å². The third-order valence-electron chi connectivity index (χ3n) is 16.1. The van der Waals surface area contributed by atoms with E-state index in [1.165, 1.54) is 124 Å². The number of para-hydroxylation sites is 7. The van der Waals surface area contributed by atoms with Crippen molar-refractivity contribution in [1.82, 2.24) is 9.13 Å². The van der Waals surface area contributed by atoms with Gasteiger partial charge in [0, 0.05) is 80.9 Å². The van der Waals surface area contributed by atoms with E-state index < -0.39 is 0 Å². The first-order valence-corrected chi connectivity index (χ1v) is 27.1. The molecule has 13 aromatic rings. The summed E-state index contributed by atoms with van der Waals surface area (Å²) < 4.78 is 4.98. The molecular formula is C66H40B2N4S2. The zero-order valence-electron chi connectivity index (χ0n) is 39.9. The lowest BCUT2D eigenvalue weighted by atomic mass is 9.31. The van der Waals surface area contributed by atoms with Crippen LogP contribution in [-0.4, -0.2) is 22.6 Å². The van der Waals surface area contributed by atoms with Crippen molar-refractivity contribution in [2.75, 3.05) is 9.80 Å². The zero-order chi connectivity index (χ0) is 48.2. The quantitative estimate of drug-likeness (QED) is 0.163. The molecule has 4 aliphatic heterocycles. The summed E-state index contributed by atoms with van der Waals surface area (Å²) in [5.74, 6) is 0. The highest BCUT2D eigenvalue weighted by Gasteiger charge is 2.48. The molecule has 11 aromatic carbocycles. The number of benzene rings is 11. The van der Waals surface area contributed by atoms with Crippen molar-refractivity contribution in [2.24, 2.45) is 0 Å². The van der Waals surface area contributed by atoms with E-state index in [2.05, 4.69) is 262 Å². The normalized spacial score (nSPS) is 13.7. The first-order chi connectivity index (χ1) is 36.8. The summed E-state index contributed by atoms with van der Waals surface area (Å²) in [6, 6.07) is 90.7. The van der Waals surface area contributed by atoms with Gasteiger partial charge in [0.05, 0.1) is 27.8 Å². The van der Waals surface area contributed by atoms with Gasteiger partial charge in [0.1, 0.15) is 0 Å². The molecule has 342 valence electrons. The molecule has 0 atom stereocenters. The lowest BCUT2D eigenvalue weighted by Gasteiger charge is -2.45. The monoisotopic (exact) mass is 974 g/mol. The van der Waals surface area contributed by atoms with Gasteiger partial charge < -0.3 is 18.9 Å². The molecule has 4 aliphatic rings. The summed E-state index contributed by atoms with van der Waals surface area (Å²) >= 11 is 3.91. The van der Waals surface area contributed by atoms with Crippen LogP contribution in [0.15, 0.2) is 262 Å². The second-order valence-corrected chi connectivity index (χ2v) is 22.0. The lowest BCUT2D eigenvalue weighted by molar-refractivity contribution is 1.17. The van der Waals surface area contributed by atoms with Crippen LogP contribution in [0.1, 0.15) is 0 Å². The summed E-state index contributed by atoms with van der Waals surface area (Å²) in [7, 11) is 0. The molecule has 0 saturated heterocycles. The van der Waals surface area contributed by atoms with Crippen molar-refractivity contribution >= 4 is 147 Å². The fraction of sp³-hybridized carbons (Fsp3) is 0. The van der Waals surface area contributed by atoms with E-state index in [-0.39, 0.29) is 13.4 Å². The molecule has 4 nitrogen and oxygen atoms in total. The molecule has 6 heterocycles. The number of aromatic nitrogens is 2. The van der Waals surface area contributed by atoms with Gasteiger partial charge in [0.25, 0.3) is 6.71 Å². The Morgan fingerprint density at radius 2 is 0.824 bits per heavy atom. The third kappa shape index (κ3) is 5.53. The molecule has 2 aromatic heterocycles. The van der Waals surface area contributed by atoms with Crippen LogP contribution in [-0.2, 0) is 0 Å². The molecule has 0 bridgehead atoms. The summed E-state index contributed by atoms with van der Waals surface area (Å²) in [4.78, 5) is 10.5. The average Bonchev–Trinajstić information content (AvgIpc) is 4.11. The minimum atomic E-state index is -0.0648.